The molecule has 1 unspecified atom stereocenters. The van der Waals surface area contributed by atoms with Crippen molar-refractivity contribution in [1.82, 2.24) is 5.32 Å². The molecule has 3 nitrogen and oxygen atoms in total. The van der Waals surface area contributed by atoms with Crippen molar-refractivity contribution >= 4 is 11.6 Å². The van der Waals surface area contributed by atoms with Crippen LogP contribution in [0.1, 0.15) is 61.9 Å². The van der Waals surface area contributed by atoms with Gasteiger partial charge in [0.15, 0.2) is 0 Å². The molecule has 0 radical (unpaired) electrons. The molecule has 1 amide bonds. The number of hydrogen-bond donors (Lipinski definition) is 2. The van der Waals surface area contributed by atoms with Crippen LogP contribution < -0.4 is 10.6 Å². The molecule has 2 rings (SSSR count). The summed E-state index contributed by atoms with van der Waals surface area (Å²) in [5.41, 5.74) is 2.89. The minimum Gasteiger partial charge on any atom is -0.384 e. The van der Waals surface area contributed by atoms with E-state index >= 15 is 0 Å². The van der Waals surface area contributed by atoms with Crippen LogP contribution in [0, 0.1) is 12.8 Å². The third kappa shape index (κ3) is 4.23. The molecule has 1 aliphatic carbocycles. The molecule has 0 aliphatic heterocycles. The lowest BCUT2D eigenvalue weighted by Gasteiger charge is -2.21. The smallest absolute Gasteiger partial charge is 0.253 e. The second-order valence-electron chi connectivity index (χ2n) is 6.28. The van der Waals surface area contributed by atoms with Gasteiger partial charge in [-0.1, -0.05) is 25.8 Å². The Hall–Kier alpha value is -1.51. The summed E-state index contributed by atoms with van der Waals surface area (Å²) >= 11 is 0. The monoisotopic (exact) mass is 288 g/mol. The SMILES string of the molecule is CCCNc1cc(C)ccc1C(=O)NC(C)C1CCCC1. The quantitative estimate of drug-likeness (QED) is 0.826. The zero-order valence-corrected chi connectivity index (χ0v) is 13.5. The van der Waals surface area contributed by atoms with E-state index in [1.165, 1.54) is 31.2 Å². The molecular weight excluding hydrogens is 260 g/mol. The van der Waals surface area contributed by atoms with Crippen LogP contribution in [0.2, 0.25) is 0 Å². The van der Waals surface area contributed by atoms with Crippen LogP contribution in [0.15, 0.2) is 18.2 Å². The number of hydrogen-bond acceptors (Lipinski definition) is 2. The first-order valence-electron chi connectivity index (χ1n) is 8.27. The van der Waals surface area contributed by atoms with Gasteiger partial charge in [-0.25, -0.2) is 0 Å². The van der Waals surface area contributed by atoms with Crippen molar-refractivity contribution < 1.29 is 4.79 Å². The second-order valence-corrected chi connectivity index (χ2v) is 6.28. The normalized spacial score (nSPS) is 16.7. The molecule has 1 fully saturated rings. The van der Waals surface area contributed by atoms with Gasteiger partial charge in [-0.15, -0.1) is 0 Å². The maximum Gasteiger partial charge on any atom is 0.253 e. The first-order chi connectivity index (χ1) is 10.1. The Balaban J connectivity index is 2.06. The molecule has 1 saturated carbocycles. The van der Waals surface area contributed by atoms with Crippen molar-refractivity contribution in [1.29, 1.82) is 0 Å². The van der Waals surface area contributed by atoms with E-state index in [9.17, 15) is 4.79 Å². The molecule has 1 aromatic carbocycles. The van der Waals surface area contributed by atoms with E-state index in [1.54, 1.807) is 0 Å². The molecule has 21 heavy (non-hydrogen) atoms. The summed E-state index contributed by atoms with van der Waals surface area (Å²) in [4.78, 5) is 12.6. The van der Waals surface area contributed by atoms with Gasteiger partial charge in [0.1, 0.15) is 0 Å². The van der Waals surface area contributed by atoms with Gasteiger partial charge >= 0.3 is 0 Å². The van der Waals surface area contributed by atoms with Gasteiger partial charge in [-0.3, -0.25) is 4.79 Å². The molecule has 3 heteroatoms. The fraction of sp³-hybridized carbons (Fsp3) is 0.611. The summed E-state index contributed by atoms with van der Waals surface area (Å²) in [5, 5.41) is 6.56. The molecule has 1 aliphatic rings. The van der Waals surface area contributed by atoms with Gasteiger partial charge in [-0.2, -0.15) is 0 Å². The van der Waals surface area contributed by atoms with E-state index in [-0.39, 0.29) is 11.9 Å². The molecular formula is C18H28N2O. The molecule has 0 spiro atoms. The summed E-state index contributed by atoms with van der Waals surface area (Å²) in [7, 11) is 0. The van der Waals surface area contributed by atoms with Crippen LogP contribution in [0.5, 0.6) is 0 Å². The molecule has 0 heterocycles. The molecule has 0 bridgehead atoms. The van der Waals surface area contributed by atoms with Gasteiger partial charge in [0.05, 0.1) is 5.56 Å². The maximum absolute atomic E-state index is 12.6. The average molecular weight is 288 g/mol. The van der Waals surface area contributed by atoms with Gasteiger partial charge in [0.25, 0.3) is 5.91 Å². The zero-order chi connectivity index (χ0) is 15.2. The number of anilines is 1. The summed E-state index contributed by atoms with van der Waals surface area (Å²) in [6.45, 7) is 7.22. The first kappa shape index (κ1) is 15.9. The van der Waals surface area contributed by atoms with E-state index < -0.39 is 0 Å². The van der Waals surface area contributed by atoms with Crippen molar-refractivity contribution in [2.24, 2.45) is 5.92 Å². The minimum absolute atomic E-state index is 0.0491. The van der Waals surface area contributed by atoms with E-state index in [2.05, 4.69) is 37.5 Å². The molecule has 1 atom stereocenters. The Morgan fingerprint density at radius 1 is 1.33 bits per heavy atom. The minimum atomic E-state index is 0.0491. The number of benzene rings is 1. The van der Waals surface area contributed by atoms with Gasteiger partial charge in [0, 0.05) is 18.3 Å². The summed E-state index contributed by atoms with van der Waals surface area (Å²) in [6.07, 6.45) is 6.15. The van der Waals surface area contributed by atoms with Crippen molar-refractivity contribution in [2.45, 2.75) is 58.9 Å². The molecule has 0 aromatic heterocycles. The molecule has 1 aromatic rings. The third-order valence-electron chi connectivity index (χ3n) is 4.45. The Kier molecular flexibility index (Phi) is 5.66. The Bertz CT molecular complexity index is 478. The second kappa shape index (κ2) is 7.48. The molecule has 2 N–H and O–H groups in total. The van der Waals surface area contributed by atoms with Gasteiger partial charge < -0.3 is 10.6 Å². The van der Waals surface area contributed by atoms with Crippen LogP contribution in [-0.4, -0.2) is 18.5 Å². The number of nitrogens with one attached hydrogen (secondary N) is 2. The van der Waals surface area contributed by atoms with Crippen LogP contribution >= 0.6 is 0 Å². The fourth-order valence-corrected chi connectivity index (χ4v) is 3.12. The zero-order valence-electron chi connectivity index (χ0n) is 13.5. The van der Waals surface area contributed by atoms with E-state index in [1.807, 2.05) is 12.1 Å². The number of carbonyl (C=O) groups is 1. The van der Waals surface area contributed by atoms with E-state index in [0.717, 1.165) is 24.2 Å². The van der Waals surface area contributed by atoms with Crippen LogP contribution in [0.3, 0.4) is 0 Å². The maximum atomic E-state index is 12.6. The summed E-state index contributed by atoms with van der Waals surface area (Å²) < 4.78 is 0. The van der Waals surface area contributed by atoms with Gasteiger partial charge in [-0.05, 0) is 56.7 Å². The Labute approximate surface area is 128 Å². The number of carbonyl (C=O) groups excluding carboxylic acids is 1. The predicted octanol–water partition coefficient (Wildman–Crippen LogP) is 4.13. The Morgan fingerprint density at radius 2 is 2.05 bits per heavy atom. The van der Waals surface area contributed by atoms with Crippen LogP contribution in [-0.2, 0) is 0 Å². The lowest BCUT2D eigenvalue weighted by atomic mass is 9.99. The summed E-state index contributed by atoms with van der Waals surface area (Å²) in [6, 6.07) is 6.27. The number of amides is 1. The fourth-order valence-electron chi connectivity index (χ4n) is 3.12. The van der Waals surface area contributed by atoms with Gasteiger partial charge in [0.2, 0.25) is 0 Å². The van der Waals surface area contributed by atoms with E-state index in [4.69, 9.17) is 0 Å². The predicted molar refractivity (Wildman–Crippen MR) is 88.8 cm³/mol. The van der Waals surface area contributed by atoms with E-state index in [0.29, 0.717) is 5.92 Å². The summed E-state index contributed by atoms with van der Waals surface area (Å²) in [5.74, 6) is 0.694. The Morgan fingerprint density at radius 3 is 2.71 bits per heavy atom. The van der Waals surface area contributed by atoms with Crippen molar-refractivity contribution in [3.05, 3.63) is 29.3 Å². The third-order valence-corrected chi connectivity index (χ3v) is 4.45. The topological polar surface area (TPSA) is 41.1 Å². The van der Waals surface area contributed by atoms with Crippen molar-refractivity contribution in [3.63, 3.8) is 0 Å². The molecule has 0 saturated heterocycles. The highest BCUT2D eigenvalue weighted by atomic mass is 16.1. The van der Waals surface area contributed by atoms with Crippen LogP contribution in [0.4, 0.5) is 5.69 Å². The lowest BCUT2D eigenvalue weighted by molar-refractivity contribution is 0.0928. The average Bonchev–Trinajstić information content (AvgIpc) is 2.99. The lowest BCUT2D eigenvalue weighted by Crippen LogP contribution is -2.37. The highest BCUT2D eigenvalue weighted by Crippen LogP contribution is 2.28. The highest BCUT2D eigenvalue weighted by molar-refractivity contribution is 5.99. The number of rotatable bonds is 6. The van der Waals surface area contributed by atoms with Crippen molar-refractivity contribution in [2.75, 3.05) is 11.9 Å². The van der Waals surface area contributed by atoms with Crippen LogP contribution in [0.25, 0.3) is 0 Å². The first-order valence-corrected chi connectivity index (χ1v) is 8.27. The highest BCUT2D eigenvalue weighted by Gasteiger charge is 2.23. The largest absolute Gasteiger partial charge is 0.384 e. The standard InChI is InChI=1S/C18H28N2O/c1-4-11-19-17-12-13(2)9-10-16(17)18(21)20-14(3)15-7-5-6-8-15/h9-10,12,14-15,19H,4-8,11H2,1-3H3,(H,20,21). The number of aryl methyl sites for hydroxylation is 1. The van der Waals surface area contributed by atoms with Crippen molar-refractivity contribution in [3.8, 4) is 0 Å². The molecule has 116 valence electrons.